The van der Waals surface area contributed by atoms with Crippen molar-refractivity contribution in [2.75, 3.05) is 0 Å². The second-order valence-corrected chi connectivity index (χ2v) is 8.56. The van der Waals surface area contributed by atoms with E-state index < -0.39 is 10.1 Å². The number of aryl methyl sites for hydroxylation is 1. The second-order valence-electron chi connectivity index (χ2n) is 6.20. The highest BCUT2D eigenvalue weighted by molar-refractivity contribution is 7.87. The molecule has 0 saturated carbocycles. The van der Waals surface area contributed by atoms with Crippen molar-refractivity contribution < 1.29 is 12.6 Å². The van der Waals surface area contributed by atoms with Gasteiger partial charge in [0, 0.05) is 0 Å². The molecule has 3 aromatic carbocycles. The Morgan fingerprint density at radius 3 is 2.14 bits per heavy atom. The van der Waals surface area contributed by atoms with E-state index in [1.807, 2.05) is 37.3 Å². The van der Waals surface area contributed by atoms with E-state index in [1.54, 1.807) is 18.2 Å². The van der Waals surface area contributed by atoms with Gasteiger partial charge in [0.15, 0.2) is 5.75 Å². The van der Waals surface area contributed by atoms with Gasteiger partial charge in [-0.15, -0.1) is 0 Å². The number of hydrogen-bond donors (Lipinski definition) is 0. The van der Waals surface area contributed by atoms with Crippen LogP contribution in [-0.2, 0) is 10.1 Å². The fourth-order valence-corrected chi connectivity index (χ4v) is 4.21. The highest BCUT2D eigenvalue weighted by Gasteiger charge is 2.21. The summed E-state index contributed by atoms with van der Waals surface area (Å²) in [5.41, 5.74) is 2.62. The Kier molecular flexibility index (Phi) is 6.29. The molecule has 0 N–H and O–H groups in total. The Morgan fingerprint density at radius 1 is 1.00 bits per heavy atom. The summed E-state index contributed by atoms with van der Waals surface area (Å²) in [5.74, 6) is -0.163. The summed E-state index contributed by atoms with van der Waals surface area (Å²) >= 11 is 12.5. The van der Waals surface area contributed by atoms with Crippen molar-refractivity contribution in [1.82, 2.24) is 0 Å². The van der Waals surface area contributed by atoms with Gasteiger partial charge in [-0.3, -0.25) is 0 Å². The molecular weight excluding hydrogens is 429 g/mol. The van der Waals surface area contributed by atoms with Gasteiger partial charge in [0.1, 0.15) is 4.90 Å². The molecule has 0 amide bonds. The first-order chi connectivity index (χ1) is 13.8. The van der Waals surface area contributed by atoms with Gasteiger partial charge in [0.05, 0.1) is 21.7 Å². The van der Waals surface area contributed by atoms with Crippen molar-refractivity contribution in [3.05, 3.63) is 93.5 Å². The summed E-state index contributed by atoms with van der Waals surface area (Å²) in [6.07, 6.45) is 1.62. The molecule has 29 heavy (non-hydrogen) atoms. The Balaban J connectivity index is 1.95. The highest BCUT2D eigenvalue weighted by atomic mass is 35.5. The van der Waals surface area contributed by atoms with Crippen LogP contribution in [-0.4, -0.2) is 8.42 Å². The van der Waals surface area contributed by atoms with Gasteiger partial charge in [0.25, 0.3) is 0 Å². The van der Waals surface area contributed by atoms with Crippen LogP contribution >= 0.6 is 23.2 Å². The minimum absolute atomic E-state index is 0.00458. The fourth-order valence-electron chi connectivity index (χ4n) is 2.57. The van der Waals surface area contributed by atoms with E-state index in [4.69, 9.17) is 27.4 Å². The Bertz CT molecular complexity index is 1190. The van der Waals surface area contributed by atoms with E-state index >= 15 is 0 Å². The van der Waals surface area contributed by atoms with Crippen molar-refractivity contribution in [2.45, 2.75) is 11.8 Å². The average Bonchev–Trinajstić information content (AvgIpc) is 2.70. The third-order valence-electron chi connectivity index (χ3n) is 4.04. The normalized spacial score (nSPS) is 11.7. The maximum absolute atomic E-state index is 12.5. The van der Waals surface area contributed by atoms with Crippen LogP contribution in [0, 0.1) is 18.3 Å². The van der Waals surface area contributed by atoms with E-state index in [0.717, 1.165) is 11.1 Å². The van der Waals surface area contributed by atoms with Gasteiger partial charge in [-0.05, 0) is 48.4 Å². The number of nitrogens with zero attached hydrogens (tertiary/aromatic N) is 1. The van der Waals surface area contributed by atoms with Crippen LogP contribution in [0.1, 0.15) is 16.7 Å². The van der Waals surface area contributed by atoms with E-state index in [2.05, 4.69) is 6.07 Å². The summed E-state index contributed by atoms with van der Waals surface area (Å²) in [4.78, 5) is -0.00458. The molecule has 0 atom stereocenters. The SMILES string of the molecule is Cc1ccc(S(=O)(=O)Oc2c(Cl)cc(/C=C(\C#N)c3ccccc3)cc2Cl)cc1. The van der Waals surface area contributed by atoms with Crippen LogP contribution in [0.5, 0.6) is 5.75 Å². The van der Waals surface area contributed by atoms with Crippen molar-refractivity contribution in [1.29, 1.82) is 5.26 Å². The molecular formula is C22H15Cl2NO3S. The lowest BCUT2D eigenvalue weighted by atomic mass is 10.0. The van der Waals surface area contributed by atoms with Crippen LogP contribution in [0.25, 0.3) is 11.6 Å². The van der Waals surface area contributed by atoms with Gasteiger partial charge in [0.2, 0.25) is 0 Å². The van der Waals surface area contributed by atoms with Crippen LogP contribution in [0.2, 0.25) is 10.0 Å². The zero-order chi connectivity index (χ0) is 21.0. The minimum atomic E-state index is -4.10. The predicted molar refractivity (Wildman–Crippen MR) is 115 cm³/mol. The lowest BCUT2D eigenvalue weighted by Gasteiger charge is -2.11. The monoisotopic (exact) mass is 443 g/mol. The van der Waals surface area contributed by atoms with Gasteiger partial charge < -0.3 is 4.18 Å². The number of hydrogen-bond acceptors (Lipinski definition) is 4. The topological polar surface area (TPSA) is 67.2 Å². The molecule has 4 nitrogen and oxygen atoms in total. The number of benzene rings is 3. The molecule has 0 aliphatic carbocycles. The molecule has 0 unspecified atom stereocenters. The fraction of sp³-hybridized carbons (Fsp3) is 0.0455. The molecule has 7 heteroatoms. The van der Waals surface area contributed by atoms with E-state index in [-0.39, 0.29) is 20.7 Å². The van der Waals surface area contributed by atoms with E-state index in [9.17, 15) is 13.7 Å². The molecule has 0 aliphatic heterocycles. The van der Waals surface area contributed by atoms with Crippen molar-refractivity contribution in [3.8, 4) is 11.8 Å². The maximum Gasteiger partial charge on any atom is 0.339 e. The van der Waals surface area contributed by atoms with Crippen LogP contribution in [0.4, 0.5) is 0 Å². The summed E-state index contributed by atoms with van der Waals surface area (Å²) in [7, 11) is -4.10. The van der Waals surface area contributed by atoms with E-state index in [0.29, 0.717) is 11.1 Å². The molecule has 0 aliphatic rings. The molecule has 0 radical (unpaired) electrons. The molecule has 0 fully saturated rings. The lowest BCUT2D eigenvalue weighted by molar-refractivity contribution is 0.486. The molecule has 146 valence electrons. The third-order valence-corrected chi connectivity index (χ3v) is 5.84. The third kappa shape index (κ3) is 4.99. The Labute approximate surface area is 179 Å². The number of nitriles is 1. The number of rotatable bonds is 5. The smallest absolute Gasteiger partial charge is 0.339 e. The summed E-state index contributed by atoms with van der Waals surface area (Å²) in [5, 5.41) is 9.48. The standard InChI is InChI=1S/C22H15Cl2NO3S/c1-15-7-9-19(10-8-15)29(26,27)28-22-20(23)12-16(13-21(22)24)11-18(14-25)17-5-3-2-4-6-17/h2-13H,1H3/b18-11+. The average molecular weight is 444 g/mol. The minimum Gasteiger partial charge on any atom is -0.376 e. The lowest BCUT2D eigenvalue weighted by Crippen LogP contribution is -2.10. The largest absolute Gasteiger partial charge is 0.376 e. The molecule has 0 bridgehead atoms. The van der Waals surface area contributed by atoms with Crippen LogP contribution < -0.4 is 4.18 Å². The summed E-state index contributed by atoms with van der Waals surface area (Å²) in [6.45, 7) is 1.85. The van der Waals surface area contributed by atoms with E-state index in [1.165, 1.54) is 24.3 Å². The molecule has 3 rings (SSSR count). The Morgan fingerprint density at radius 2 is 1.59 bits per heavy atom. The summed E-state index contributed by atoms with van der Waals surface area (Å²) in [6, 6.07) is 20.5. The first kappa shape index (κ1) is 20.9. The Hall–Kier alpha value is -2.78. The highest BCUT2D eigenvalue weighted by Crippen LogP contribution is 2.37. The van der Waals surface area contributed by atoms with Crippen molar-refractivity contribution in [3.63, 3.8) is 0 Å². The van der Waals surface area contributed by atoms with Gasteiger partial charge in [-0.25, -0.2) is 0 Å². The zero-order valence-corrected chi connectivity index (χ0v) is 17.6. The molecule has 0 heterocycles. The quantitative estimate of drug-likeness (QED) is 0.270. The summed E-state index contributed by atoms with van der Waals surface area (Å²) < 4.78 is 30.2. The number of halogens is 2. The first-order valence-corrected chi connectivity index (χ1v) is 10.6. The molecule has 3 aromatic rings. The zero-order valence-electron chi connectivity index (χ0n) is 15.3. The van der Waals surface area contributed by atoms with Crippen LogP contribution in [0.3, 0.4) is 0 Å². The predicted octanol–water partition coefficient (Wildman–Crippen LogP) is 6.13. The molecule has 0 aromatic heterocycles. The van der Waals surface area contributed by atoms with Gasteiger partial charge >= 0.3 is 10.1 Å². The molecule has 0 spiro atoms. The first-order valence-electron chi connectivity index (χ1n) is 8.47. The van der Waals surface area contributed by atoms with Gasteiger partial charge in [-0.2, -0.15) is 13.7 Å². The van der Waals surface area contributed by atoms with Crippen molar-refractivity contribution >= 4 is 45.0 Å². The van der Waals surface area contributed by atoms with Crippen molar-refractivity contribution in [2.24, 2.45) is 0 Å². The van der Waals surface area contributed by atoms with Gasteiger partial charge in [-0.1, -0.05) is 71.2 Å². The second kappa shape index (κ2) is 8.71. The molecule has 0 saturated heterocycles. The maximum atomic E-state index is 12.5. The number of allylic oxidation sites excluding steroid dienone is 1. The van der Waals surface area contributed by atoms with Crippen LogP contribution in [0.15, 0.2) is 71.6 Å².